The van der Waals surface area contributed by atoms with Gasteiger partial charge < -0.3 is 11.1 Å². The Bertz CT molecular complexity index is 496. The molecule has 3 N–H and O–H groups in total. The van der Waals surface area contributed by atoms with E-state index in [4.69, 9.17) is 5.73 Å². The Morgan fingerprint density at radius 1 is 1.32 bits per heavy atom. The number of hydrogen-bond acceptors (Lipinski definition) is 4. The number of primary amides is 1. The maximum Gasteiger partial charge on any atom is 0.270 e. The highest BCUT2D eigenvalue weighted by Gasteiger charge is 2.18. The Labute approximate surface area is 111 Å². The van der Waals surface area contributed by atoms with Gasteiger partial charge in [-0.15, -0.1) is 0 Å². The molecular weight excluding hydrogens is 246 g/mol. The van der Waals surface area contributed by atoms with Gasteiger partial charge in [0.05, 0.1) is 10.5 Å². The first-order chi connectivity index (χ1) is 9.08. The number of carbonyl (C=O) groups excluding carboxylic acids is 1. The highest BCUT2D eigenvalue weighted by molar-refractivity contribution is 5.99. The third kappa shape index (κ3) is 3.21. The van der Waals surface area contributed by atoms with Crippen molar-refractivity contribution in [3.05, 3.63) is 33.9 Å². The highest BCUT2D eigenvalue weighted by Crippen LogP contribution is 2.26. The molecule has 6 nitrogen and oxygen atoms in total. The predicted molar refractivity (Wildman–Crippen MR) is 72.1 cm³/mol. The molecule has 0 radical (unpaired) electrons. The molecule has 0 spiro atoms. The molecule has 6 heteroatoms. The third-order valence-electron chi connectivity index (χ3n) is 3.44. The average molecular weight is 263 g/mol. The molecule has 0 aromatic heterocycles. The fourth-order valence-electron chi connectivity index (χ4n) is 2.44. The maximum atomic E-state index is 11.4. The number of amides is 1. The zero-order valence-electron chi connectivity index (χ0n) is 10.6. The Morgan fingerprint density at radius 3 is 2.58 bits per heavy atom. The topological polar surface area (TPSA) is 98.3 Å². The van der Waals surface area contributed by atoms with Crippen LogP contribution in [0.25, 0.3) is 0 Å². The van der Waals surface area contributed by atoms with Crippen LogP contribution in [0.1, 0.15) is 42.5 Å². The van der Waals surface area contributed by atoms with Crippen LogP contribution in [0.5, 0.6) is 0 Å². The van der Waals surface area contributed by atoms with Gasteiger partial charge in [-0.05, 0) is 18.9 Å². The number of nitrogens with zero attached hydrogens (tertiary/aromatic N) is 1. The van der Waals surface area contributed by atoms with Gasteiger partial charge in [0.2, 0.25) is 0 Å². The number of nitro benzene ring substituents is 1. The van der Waals surface area contributed by atoms with Gasteiger partial charge in [0.1, 0.15) is 0 Å². The van der Waals surface area contributed by atoms with Crippen LogP contribution in [-0.4, -0.2) is 16.9 Å². The van der Waals surface area contributed by atoms with E-state index < -0.39 is 10.8 Å². The second kappa shape index (κ2) is 5.69. The smallest absolute Gasteiger partial charge is 0.270 e. The number of nitrogens with one attached hydrogen (secondary N) is 1. The summed E-state index contributed by atoms with van der Waals surface area (Å²) in [7, 11) is 0. The Hall–Kier alpha value is -2.11. The molecule has 0 aliphatic heterocycles. The monoisotopic (exact) mass is 263 g/mol. The lowest BCUT2D eigenvalue weighted by atomic mass is 9.95. The minimum absolute atomic E-state index is 0.122. The number of benzene rings is 1. The molecule has 2 rings (SSSR count). The largest absolute Gasteiger partial charge is 0.382 e. The fourth-order valence-corrected chi connectivity index (χ4v) is 2.44. The predicted octanol–water partition coefficient (Wildman–Crippen LogP) is 2.44. The van der Waals surface area contributed by atoms with Gasteiger partial charge in [-0.1, -0.05) is 19.3 Å². The number of carbonyl (C=O) groups is 1. The first-order valence-corrected chi connectivity index (χ1v) is 6.42. The van der Waals surface area contributed by atoms with Gasteiger partial charge in [-0.3, -0.25) is 14.9 Å². The van der Waals surface area contributed by atoms with Crippen molar-refractivity contribution >= 4 is 17.3 Å². The van der Waals surface area contributed by atoms with E-state index in [-0.39, 0.29) is 11.3 Å². The molecule has 1 aromatic carbocycles. The molecule has 0 saturated heterocycles. The Balaban J connectivity index is 2.23. The van der Waals surface area contributed by atoms with E-state index in [2.05, 4.69) is 5.32 Å². The first-order valence-electron chi connectivity index (χ1n) is 6.42. The Kier molecular flexibility index (Phi) is 3.99. The maximum absolute atomic E-state index is 11.4. The number of hydrogen-bond donors (Lipinski definition) is 2. The van der Waals surface area contributed by atoms with E-state index in [1.54, 1.807) is 6.07 Å². The fraction of sp³-hybridized carbons (Fsp3) is 0.462. The average Bonchev–Trinajstić information content (AvgIpc) is 2.39. The van der Waals surface area contributed by atoms with Crippen LogP contribution >= 0.6 is 0 Å². The van der Waals surface area contributed by atoms with Crippen molar-refractivity contribution in [1.29, 1.82) is 0 Å². The van der Waals surface area contributed by atoms with E-state index in [1.165, 1.54) is 18.6 Å². The van der Waals surface area contributed by atoms with E-state index >= 15 is 0 Å². The van der Waals surface area contributed by atoms with Gasteiger partial charge in [0, 0.05) is 23.9 Å². The molecule has 0 bridgehead atoms. The van der Waals surface area contributed by atoms with Crippen molar-refractivity contribution in [2.75, 3.05) is 5.32 Å². The third-order valence-corrected chi connectivity index (χ3v) is 3.44. The number of rotatable bonds is 4. The van der Waals surface area contributed by atoms with Crippen LogP contribution in [0.15, 0.2) is 18.2 Å². The minimum Gasteiger partial charge on any atom is -0.382 e. The summed E-state index contributed by atoms with van der Waals surface area (Å²) >= 11 is 0. The van der Waals surface area contributed by atoms with Crippen molar-refractivity contribution in [3.63, 3.8) is 0 Å². The number of anilines is 1. The van der Waals surface area contributed by atoms with Crippen LogP contribution < -0.4 is 11.1 Å². The second-order valence-electron chi connectivity index (χ2n) is 4.83. The molecule has 0 atom stereocenters. The van der Waals surface area contributed by atoms with Crippen molar-refractivity contribution in [3.8, 4) is 0 Å². The minimum atomic E-state index is -0.651. The van der Waals surface area contributed by atoms with E-state index in [1.807, 2.05) is 0 Å². The molecule has 1 amide bonds. The van der Waals surface area contributed by atoms with Crippen molar-refractivity contribution in [2.45, 2.75) is 38.1 Å². The summed E-state index contributed by atoms with van der Waals surface area (Å²) in [6.07, 6.45) is 5.67. The summed E-state index contributed by atoms with van der Waals surface area (Å²) in [5.74, 6) is -0.651. The molecular formula is C13H17N3O3. The van der Waals surface area contributed by atoms with Crippen LogP contribution in [0.4, 0.5) is 11.4 Å². The molecule has 1 aliphatic carbocycles. The molecule has 0 unspecified atom stereocenters. The molecule has 1 fully saturated rings. The number of nitrogens with two attached hydrogens (primary N) is 1. The van der Waals surface area contributed by atoms with E-state index in [9.17, 15) is 14.9 Å². The van der Waals surface area contributed by atoms with Crippen LogP contribution in [0.2, 0.25) is 0 Å². The summed E-state index contributed by atoms with van der Waals surface area (Å²) in [5, 5.41) is 14.0. The lowest BCUT2D eigenvalue weighted by Gasteiger charge is -2.24. The van der Waals surface area contributed by atoms with Gasteiger partial charge >= 0.3 is 0 Å². The van der Waals surface area contributed by atoms with Crippen LogP contribution in [0, 0.1) is 10.1 Å². The SMILES string of the molecule is NC(=O)c1cc([N+](=O)[O-])ccc1NC1CCCCC1. The summed E-state index contributed by atoms with van der Waals surface area (Å²) in [6.45, 7) is 0. The lowest BCUT2D eigenvalue weighted by Crippen LogP contribution is -2.24. The summed E-state index contributed by atoms with van der Waals surface area (Å²) in [6, 6.07) is 4.49. The first kappa shape index (κ1) is 13.3. The molecule has 1 saturated carbocycles. The second-order valence-corrected chi connectivity index (χ2v) is 4.83. The zero-order valence-corrected chi connectivity index (χ0v) is 10.6. The van der Waals surface area contributed by atoms with Gasteiger partial charge in [-0.25, -0.2) is 0 Å². The van der Waals surface area contributed by atoms with E-state index in [0.29, 0.717) is 11.7 Å². The quantitative estimate of drug-likeness (QED) is 0.643. The van der Waals surface area contributed by atoms with Crippen LogP contribution in [-0.2, 0) is 0 Å². The normalized spacial score (nSPS) is 16.0. The van der Waals surface area contributed by atoms with E-state index in [0.717, 1.165) is 25.7 Å². The Morgan fingerprint density at radius 2 is 2.00 bits per heavy atom. The lowest BCUT2D eigenvalue weighted by molar-refractivity contribution is -0.384. The number of non-ortho nitro benzene ring substituents is 1. The van der Waals surface area contributed by atoms with Crippen molar-refractivity contribution in [2.24, 2.45) is 5.73 Å². The van der Waals surface area contributed by atoms with Gasteiger partial charge in [-0.2, -0.15) is 0 Å². The van der Waals surface area contributed by atoms with Gasteiger partial charge in [0.15, 0.2) is 0 Å². The molecule has 1 aromatic rings. The summed E-state index contributed by atoms with van der Waals surface area (Å²) < 4.78 is 0. The molecule has 19 heavy (non-hydrogen) atoms. The zero-order chi connectivity index (χ0) is 13.8. The standard InChI is InChI=1S/C13H17N3O3/c14-13(17)11-8-10(16(18)19)6-7-12(11)15-9-4-2-1-3-5-9/h6-9,15H,1-5H2,(H2,14,17). The van der Waals surface area contributed by atoms with Crippen molar-refractivity contribution < 1.29 is 9.72 Å². The molecule has 102 valence electrons. The molecule has 1 aliphatic rings. The summed E-state index contributed by atoms with van der Waals surface area (Å²) in [5.41, 5.74) is 5.93. The van der Waals surface area contributed by atoms with Crippen molar-refractivity contribution in [1.82, 2.24) is 0 Å². The molecule has 0 heterocycles. The van der Waals surface area contributed by atoms with Crippen LogP contribution in [0.3, 0.4) is 0 Å². The highest BCUT2D eigenvalue weighted by atomic mass is 16.6. The van der Waals surface area contributed by atoms with Gasteiger partial charge in [0.25, 0.3) is 11.6 Å². The number of nitro groups is 1. The summed E-state index contributed by atoms with van der Waals surface area (Å²) in [4.78, 5) is 21.6.